The van der Waals surface area contributed by atoms with Crippen molar-refractivity contribution in [2.24, 2.45) is 0 Å². The first-order chi connectivity index (χ1) is 15.3. The van der Waals surface area contributed by atoms with Gasteiger partial charge in [0.25, 0.3) is 0 Å². The smallest absolute Gasteiger partial charge is 0.138 e. The Morgan fingerprint density at radius 1 is 0.548 bits per heavy atom. The lowest BCUT2D eigenvalue weighted by Crippen LogP contribution is -2.38. The molecule has 0 aliphatic carbocycles. The quantitative estimate of drug-likeness (QED) is 0.334. The molecule has 0 aliphatic heterocycles. The van der Waals surface area contributed by atoms with E-state index in [2.05, 4.69) is 107 Å². The van der Waals surface area contributed by atoms with Crippen molar-refractivity contribution in [3.63, 3.8) is 0 Å². The molecule has 2 heterocycles. The number of nitrogens with zero attached hydrogens (tertiary/aromatic N) is 3. The summed E-state index contributed by atoms with van der Waals surface area (Å²) in [5.41, 5.74) is 5.56. The standard InChI is InChI=1S/C28H23N3/c1-22-12-11-19-26(29-22)27-20-21-31(30-27)28(23-13-5-2-6-14-23,24-15-7-3-8-16-24)25-17-9-4-10-18-25/h2-21H,1H3. The summed E-state index contributed by atoms with van der Waals surface area (Å²) >= 11 is 0. The Bertz CT molecular complexity index is 1180. The Hall–Kier alpha value is -3.98. The highest BCUT2D eigenvalue weighted by Crippen LogP contribution is 2.40. The van der Waals surface area contributed by atoms with E-state index in [1.54, 1.807) is 0 Å². The second kappa shape index (κ2) is 8.04. The zero-order chi connectivity index (χ0) is 21.1. The highest BCUT2D eigenvalue weighted by Gasteiger charge is 2.39. The van der Waals surface area contributed by atoms with E-state index in [0.29, 0.717) is 0 Å². The third-order valence-electron chi connectivity index (χ3n) is 5.66. The molecule has 0 saturated carbocycles. The Kier molecular flexibility index (Phi) is 4.93. The molecule has 0 bridgehead atoms. The average Bonchev–Trinajstić information content (AvgIpc) is 3.32. The molecule has 0 N–H and O–H groups in total. The lowest BCUT2D eigenvalue weighted by atomic mass is 9.77. The zero-order valence-corrected chi connectivity index (χ0v) is 17.4. The number of hydrogen-bond donors (Lipinski definition) is 0. The van der Waals surface area contributed by atoms with E-state index < -0.39 is 5.54 Å². The molecule has 0 radical (unpaired) electrons. The fourth-order valence-corrected chi connectivity index (χ4v) is 4.27. The van der Waals surface area contributed by atoms with Crippen molar-refractivity contribution in [2.45, 2.75) is 12.5 Å². The van der Waals surface area contributed by atoms with Gasteiger partial charge in [-0.3, -0.25) is 9.67 Å². The van der Waals surface area contributed by atoms with Gasteiger partial charge in [-0.25, -0.2) is 0 Å². The molecule has 0 saturated heterocycles. The van der Waals surface area contributed by atoms with Gasteiger partial charge in [-0.2, -0.15) is 5.10 Å². The Morgan fingerprint density at radius 3 is 1.55 bits per heavy atom. The van der Waals surface area contributed by atoms with Crippen molar-refractivity contribution in [3.8, 4) is 11.4 Å². The first kappa shape index (κ1) is 19.0. The summed E-state index contributed by atoms with van der Waals surface area (Å²) in [7, 11) is 0. The molecule has 0 amide bonds. The predicted octanol–water partition coefficient (Wildman–Crippen LogP) is 6.09. The number of aromatic nitrogens is 3. The highest BCUT2D eigenvalue weighted by atomic mass is 15.3. The first-order valence-electron chi connectivity index (χ1n) is 10.5. The molecule has 3 aromatic carbocycles. The van der Waals surface area contributed by atoms with Crippen LogP contribution in [0.25, 0.3) is 11.4 Å². The minimum Gasteiger partial charge on any atom is -0.252 e. The number of aryl methyl sites for hydroxylation is 1. The minimum absolute atomic E-state index is 0.605. The fourth-order valence-electron chi connectivity index (χ4n) is 4.27. The van der Waals surface area contributed by atoms with Crippen LogP contribution in [0.3, 0.4) is 0 Å². The molecule has 31 heavy (non-hydrogen) atoms. The Balaban J connectivity index is 1.81. The summed E-state index contributed by atoms with van der Waals surface area (Å²) in [5.74, 6) is 0. The van der Waals surface area contributed by atoms with E-state index in [1.165, 1.54) is 0 Å². The van der Waals surface area contributed by atoms with Gasteiger partial charge in [-0.05, 0) is 41.8 Å². The van der Waals surface area contributed by atoms with Gasteiger partial charge >= 0.3 is 0 Å². The molecule has 0 spiro atoms. The van der Waals surface area contributed by atoms with Crippen LogP contribution < -0.4 is 0 Å². The van der Waals surface area contributed by atoms with Crippen molar-refractivity contribution >= 4 is 0 Å². The van der Waals surface area contributed by atoms with Crippen LogP contribution in [0.5, 0.6) is 0 Å². The van der Waals surface area contributed by atoms with Crippen LogP contribution in [0.15, 0.2) is 121 Å². The summed E-state index contributed by atoms with van der Waals surface area (Å²) in [6, 6.07) is 39.8. The van der Waals surface area contributed by atoms with Gasteiger partial charge in [0.15, 0.2) is 0 Å². The van der Waals surface area contributed by atoms with E-state index in [-0.39, 0.29) is 0 Å². The Labute approximate surface area is 182 Å². The van der Waals surface area contributed by atoms with Gasteiger partial charge in [0.05, 0.1) is 5.69 Å². The van der Waals surface area contributed by atoms with Crippen LogP contribution in [-0.4, -0.2) is 14.8 Å². The SMILES string of the molecule is Cc1cccc(-c2ccn(C(c3ccccc3)(c3ccccc3)c3ccccc3)n2)n1. The van der Waals surface area contributed by atoms with Gasteiger partial charge < -0.3 is 0 Å². The van der Waals surface area contributed by atoms with Gasteiger partial charge in [0.1, 0.15) is 11.2 Å². The first-order valence-corrected chi connectivity index (χ1v) is 10.5. The topological polar surface area (TPSA) is 30.7 Å². The summed E-state index contributed by atoms with van der Waals surface area (Å²) in [4.78, 5) is 4.68. The third-order valence-corrected chi connectivity index (χ3v) is 5.66. The molecule has 0 atom stereocenters. The lowest BCUT2D eigenvalue weighted by molar-refractivity contribution is 0.461. The predicted molar refractivity (Wildman–Crippen MR) is 125 cm³/mol. The van der Waals surface area contributed by atoms with Crippen LogP contribution in [0.1, 0.15) is 22.4 Å². The molecule has 3 nitrogen and oxygen atoms in total. The number of benzene rings is 3. The van der Waals surface area contributed by atoms with Gasteiger partial charge in [-0.1, -0.05) is 97.1 Å². The lowest BCUT2D eigenvalue weighted by Gasteiger charge is -2.36. The minimum atomic E-state index is -0.605. The summed E-state index contributed by atoms with van der Waals surface area (Å²) in [5, 5.41) is 5.08. The molecule has 0 fully saturated rings. The van der Waals surface area contributed by atoms with Crippen molar-refractivity contribution < 1.29 is 0 Å². The molecule has 0 aliphatic rings. The summed E-state index contributed by atoms with van der Waals surface area (Å²) < 4.78 is 2.08. The molecule has 3 heteroatoms. The molecule has 5 rings (SSSR count). The van der Waals surface area contributed by atoms with Crippen LogP contribution in [0.4, 0.5) is 0 Å². The average molecular weight is 402 g/mol. The maximum atomic E-state index is 5.08. The van der Waals surface area contributed by atoms with Crippen molar-refractivity contribution in [2.75, 3.05) is 0 Å². The van der Waals surface area contributed by atoms with Crippen LogP contribution in [0, 0.1) is 6.92 Å². The molecule has 2 aromatic heterocycles. The normalized spacial score (nSPS) is 11.4. The summed E-state index contributed by atoms with van der Waals surface area (Å²) in [6.45, 7) is 2.00. The monoisotopic (exact) mass is 401 g/mol. The number of pyridine rings is 1. The van der Waals surface area contributed by atoms with Crippen LogP contribution in [0.2, 0.25) is 0 Å². The van der Waals surface area contributed by atoms with E-state index in [4.69, 9.17) is 5.10 Å². The van der Waals surface area contributed by atoms with Gasteiger partial charge in [-0.15, -0.1) is 0 Å². The molecule has 5 aromatic rings. The van der Waals surface area contributed by atoms with Crippen molar-refractivity contribution in [1.82, 2.24) is 14.8 Å². The largest absolute Gasteiger partial charge is 0.252 e. The fraction of sp³-hybridized carbons (Fsp3) is 0.0714. The molecule has 150 valence electrons. The second-order valence-corrected chi connectivity index (χ2v) is 7.62. The highest BCUT2D eigenvalue weighted by molar-refractivity contribution is 5.55. The number of rotatable bonds is 5. The second-order valence-electron chi connectivity index (χ2n) is 7.62. The van der Waals surface area contributed by atoms with E-state index in [9.17, 15) is 0 Å². The summed E-state index contributed by atoms with van der Waals surface area (Å²) in [6.07, 6.45) is 2.06. The van der Waals surface area contributed by atoms with Crippen LogP contribution in [-0.2, 0) is 5.54 Å². The van der Waals surface area contributed by atoms with Gasteiger partial charge in [0.2, 0.25) is 0 Å². The van der Waals surface area contributed by atoms with Gasteiger partial charge in [0, 0.05) is 11.9 Å². The maximum Gasteiger partial charge on any atom is 0.138 e. The van der Waals surface area contributed by atoms with E-state index >= 15 is 0 Å². The van der Waals surface area contributed by atoms with E-state index in [1.807, 2.05) is 31.2 Å². The number of hydrogen-bond acceptors (Lipinski definition) is 2. The third kappa shape index (κ3) is 3.34. The maximum absolute atomic E-state index is 5.08. The molecule has 0 unspecified atom stereocenters. The molecular formula is C28H23N3. The van der Waals surface area contributed by atoms with Crippen LogP contribution >= 0.6 is 0 Å². The van der Waals surface area contributed by atoms with Crippen molar-refractivity contribution in [3.05, 3.63) is 144 Å². The van der Waals surface area contributed by atoms with Crippen molar-refractivity contribution in [1.29, 1.82) is 0 Å². The Morgan fingerprint density at radius 2 is 1.06 bits per heavy atom. The van der Waals surface area contributed by atoms with E-state index in [0.717, 1.165) is 33.8 Å². The molecular weight excluding hydrogens is 378 g/mol. The zero-order valence-electron chi connectivity index (χ0n) is 17.4.